The molecular weight excluding hydrogens is 164 g/mol. The van der Waals surface area contributed by atoms with Crippen LogP contribution in [0, 0.1) is 0 Å². The van der Waals surface area contributed by atoms with Gasteiger partial charge < -0.3 is 0 Å². The summed E-state index contributed by atoms with van der Waals surface area (Å²) < 4.78 is 0. The van der Waals surface area contributed by atoms with Crippen LogP contribution in [0.3, 0.4) is 0 Å². The van der Waals surface area contributed by atoms with E-state index in [4.69, 9.17) is 0 Å². The third-order valence-corrected chi connectivity index (χ3v) is 2.69. The fraction of sp³-hybridized carbons (Fsp3) is 0.889. The van der Waals surface area contributed by atoms with Gasteiger partial charge in [-0.1, -0.05) is 26.2 Å². The molecular formula is C9H16N4. The molecule has 13 heavy (non-hydrogen) atoms. The van der Waals surface area contributed by atoms with Crippen LogP contribution in [0.5, 0.6) is 0 Å². The zero-order valence-electron chi connectivity index (χ0n) is 8.11. The lowest BCUT2D eigenvalue weighted by atomic mass is 9.96. The second kappa shape index (κ2) is 3.85. The monoisotopic (exact) mass is 180 g/mol. The van der Waals surface area contributed by atoms with Crippen LogP contribution in [0.2, 0.25) is 0 Å². The van der Waals surface area contributed by atoms with Crippen molar-refractivity contribution in [3.05, 3.63) is 5.82 Å². The minimum Gasteiger partial charge on any atom is -0.161 e. The standard InChI is InChI=1S/C9H16N4/c1-2-9-10-12-13(11-9)8-6-4-3-5-7-8/h8H,2-7H2,1H3. The molecule has 1 aliphatic carbocycles. The molecule has 0 spiro atoms. The van der Waals surface area contributed by atoms with Crippen LogP contribution in [0.4, 0.5) is 0 Å². The number of hydrogen-bond acceptors (Lipinski definition) is 3. The van der Waals surface area contributed by atoms with E-state index in [0.29, 0.717) is 6.04 Å². The zero-order valence-corrected chi connectivity index (χ0v) is 8.11. The van der Waals surface area contributed by atoms with Crippen molar-refractivity contribution in [3.63, 3.8) is 0 Å². The number of rotatable bonds is 2. The SMILES string of the molecule is CCc1nnn(C2CCCCC2)n1. The van der Waals surface area contributed by atoms with Crippen LogP contribution >= 0.6 is 0 Å². The van der Waals surface area contributed by atoms with Crippen molar-refractivity contribution >= 4 is 0 Å². The summed E-state index contributed by atoms with van der Waals surface area (Å²) in [6.07, 6.45) is 7.32. The Morgan fingerprint density at radius 3 is 2.69 bits per heavy atom. The van der Waals surface area contributed by atoms with Gasteiger partial charge in [-0.15, -0.1) is 10.2 Å². The van der Waals surface area contributed by atoms with Crippen molar-refractivity contribution in [2.75, 3.05) is 0 Å². The van der Waals surface area contributed by atoms with E-state index >= 15 is 0 Å². The van der Waals surface area contributed by atoms with Crippen molar-refractivity contribution in [2.24, 2.45) is 0 Å². The molecule has 0 N–H and O–H groups in total. The fourth-order valence-corrected chi connectivity index (χ4v) is 1.86. The van der Waals surface area contributed by atoms with Gasteiger partial charge in [-0.05, 0) is 18.1 Å². The Bertz CT molecular complexity index is 262. The minimum absolute atomic E-state index is 0.515. The molecule has 0 saturated heterocycles. The van der Waals surface area contributed by atoms with Gasteiger partial charge in [-0.25, -0.2) is 0 Å². The largest absolute Gasteiger partial charge is 0.174 e. The highest BCUT2D eigenvalue weighted by atomic mass is 15.6. The van der Waals surface area contributed by atoms with E-state index in [1.165, 1.54) is 32.1 Å². The summed E-state index contributed by atoms with van der Waals surface area (Å²) in [5.41, 5.74) is 0. The van der Waals surface area contributed by atoms with Crippen LogP contribution in [0.25, 0.3) is 0 Å². The first-order valence-corrected chi connectivity index (χ1v) is 5.18. The van der Waals surface area contributed by atoms with Crippen LogP contribution in [0.1, 0.15) is 50.9 Å². The number of aryl methyl sites for hydroxylation is 1. The summed E-state index contributed by atoms with van der Waals surface area (Å²) in [4.78, 5) is 1.82. The third-order valence-electron chi connectivity index (χ3n) is 2.69. The Hall–Kier alpha value is -0.930. The highest BCUT2D eigenvalue weighted by Crippen LogP contribution is 2.26. The molecule has 0 radical (unpaired) electrons. The molecule has 2 rings (SSSR count). The highest BCUT2D eigenvalue weighted by Gasteiger charge is 2.17. The zero-order chi connectivity index (χ0) is 9.10. The number of tetrazole rings is 1. The van der Waals surface area contributed by atoms with Gasteiger partial charge in [-0.2, -0.15) is 4.80 Å². The van der Waals surface area contributed by atoms with E-state index in [9.17, 15) is 0 Å². The molecule has 0 bridgehead atoms. The molecule has 1 fully saturated rings. The van der Waals surface area contributed by atoms with E-state index < -0.39 is 0 Å². The first-order chi connectivity index (χ1) is 6.40. The van der Waals surface area contributed by atoms with Gasteiger partial charge in [0, 0.05) is 6.42 Å². The molecule has 1 saturated carbocycles. The van der Waals surface area contributed by atoms with Gasteiger partial charge >= 0.3 is 0 Å². The Balaban J connectivity index is 2.05. The molecule has 1 aromatic heterocycles. The topological polar surface area (TPSA) is 43.6 Å². The Morgan fingerprint density at radius 2 is 2.08 bits per heavy atom. The molecule has 0 atom stereocenters. The quantitative estimate of drug-likeness (QED) is 0.696. The average molecular weight is 180 g/mol. The lowest BCUT2D eigenvalue weighted by molar-refractivity contribution is 0.296. The number of nitrogens with zero attached hydrogens (tertiary/aromatic N) is 4. The molecule has 0 aliphatic heterocycles. The van der Waals surface area contributed by atoms with Gasteiger partial charge in [0.1, 0.15) is 0 Å². The summed E-state index contributed by atoms with van der Waals surface area (Å²) in [5, 5.41) is 12.4. The van der Waals surface area contributed by atoms with Crippen LogP contribution in [0.15, 0.2) is 0 Å². The summed E-state index contributed by atoms with van der Waals surface area (Å²) in [5.74, 6) is 0.866. The maximum atomic E-state index is 4.35. The van der Waals surface area contributed by atoms with Crippen molar-refractivity contribution in [3.8, 4) is 0 Å². The maximum Gasteiger partial charge on any atom is 0.174 e. The maximum absolute atomic E-state index is 4.35. The van der Waals surface area contributed by atoms with E-state index in [-0.39, 0.29) is 0 Å². The molecule has 1 aliphatic rings. The summed E-state index contributed by atoms with van der Waals surface area (Å²) in [6.45, 7) is 2.06. The first kappa shape index (κ1) is 8.66. The normalized spacial score (nSPS) is 19.2. The molecule has 0 unspecified atom stereocenters. The van der Waals surface area contributed by atoms with Gasteiger partial charge in [-0.3, -0.25) is 0 Å². The summed E-state index contributed by atoms with van der Waals surface area (Å²) >= 11 is 0. The predicted molar refractivity (Wildman–Crippen MR) is 49.3 cm³/mol. The minimum atomic E-state index is 0.515. The van der Waals surface area contributed by atoms with Crippen LogP contribution in [-0.2, 0) is 6.42 Å². The Labute approximate surface area is 78.3 Å². The second-order valence-corrected chi connectivity index (χ2v) is 3.67. The number of aromatic nitrogens is 4. The third kappa shape index (κ3) is 1.87. The van der Waals surface area contributed by atoms with Gasteiger partial charge in [0.25, 0.3) is 0 Å². The fourth-order valence-electron chi connectivity index (χ4n) is 1.86. The molecule has 0 amide bonds. The van der Waals surface area contributed by atoms with Crippen molar-refractivity contribution in [1.82, 2.24) is 20.2 Å². The molecule has 1 heterocycles. The molecule has 4 heteroatoms. The molecule has 1 aromatic rings. The van der Waals surface area contributed by atoms with Crippen molar-refractivity contribution in [2.45, 2.75) is 51.5 Å². The van der Waals surface area contributed by atoms with E-state index in [2.05, 4.69) is 22.3 Å². The molecule has 72 valence electrons. The molecule has 0 aromatic carbocycles. The predicted octanol–water partition coefficient (Wildman–Crippen LogP) is 1.74. The number of hydrogen-bond donors (Lipinski definition) is 0. The molecule has 4 nitrogen and oxygen atoms in total. The van der Waals surface area contributed by atoms with Gasteiger partial charge in [0.05, 0.1) is 6.04 Å². The Morgan fingerprint density at radius 1 is 1.31 bits per heavy atom. The second-order valence-electron chi connectivity index (χ2n) is 3.67. The Kier molecular flexibility index (Phi) is 2.57. The lowest BCUT2D eigenvalue weighted by Crippen LogP contribution is -2.15. The smallest absolute Gasteiger partial charge is 0.161 e. The van der Waals surface area contributed by atoms with Gasteiger partial charge in [0.2, 0.25) is 0 Å². The van der Waals surface area contributed by atoms with E-state index in [1.807, 2.05) is 4.80 Å². The van der Waals surface area contributed by atoms with Crippen LogP contribution < -0.4 is 0 Å². The first-order valence-electron chi connectivity index (χ1n) is 5.18. The summed E-state index contributed by atoms with van der Waals surface area (Å²) in [7, 11) is 0. The van der Waals surface area contributed by atoms with Crippen molar-refractivity contribution < 1.29 is 0 Å². The van der Waals surface area contributed by atoms with Gasteiger partial charge in [0.15, 0.2) is 5.82 Å². The lowest BCUT2D eigenvalue weighted by Gasteiger charge is -2.19. The van der Waals surface area contributed by atoms with E-state index in [0.717, 1.165) is 12.2 Å². The summed E-state index contributed by atoms with van der Waals surface area (Å²) in [6, 6.07) is 0.515. The average Bonchev–Trinajstić information content (AvgIpc) is 2.67. The van der Waals surface area contributed by atoms with E-state index in [1.54, 1.807) is 0 Å². The van der Waals surface area contributed by atoms with Crippen LogP contribution in [-0.4, -0.2) is 20.2 Å². The highest BCUT2D eigenvalue weighted by molar-refractivity contribution is 4.76. The van der Waals surface area contributed by atoms with Crippen molar-refractivity contribution in [1.29, 1.82) is 0 Å².